The van der Waals surface area contributed by atoms with Crippen LogP contribution < -0.4 is 5.73 Å². The molecule has 1 aromatic rings. The molecule has 0 radical (unpaired) electrons. The van der Waals surface area contributed by atoms with Crippen LogP contribution in [0.1, 0.15) is 51.9 Å². The fourth-order valence-corrected chi connectivity index (χ4v) is 1.27. The molecule has 2 unspecified atom stereocenters. The summed E-state index contributed by atoms with van der Waals surface area (Å²) in [4.78, 5) is 4.32. The summed E-state index contributed by atoms with van der Waals surface area (Å²) in [5, 5.41) is 3.91. The highest BCUT2D eigenvalue weighted by molar-refractivity contribution is 5.00. The molecule has 92 valence electrons. The summed E-state index contributed by atoms with van der Waals surface area (Å²) in [5.41, 5.74) is 5.43. The van der Waals surface area contributed by atoms with Crippen LogP contribution in [0.2, 0.25) is 0 Å². The number of aromatic nitrogens is 2. The molecule has 2 atom stereocenters. The monoisotopic (exact) mass is 227 g/mol. The smallest absolute Gasteiger partial charge is 0.258 e. The fraction of sp³-hybridized carbons (Fsp3) is 0.818. The lowest BCUT2D eigenvalue weighted by Crippen LogP contribution is -2.24. The molecule has 0 aromatic carbocycles. The first-order valence-electron chi connectivity index (χ1n) is 5.59. The molecule has 1 aromatic heterocycles. The van der Waals surface area contributed by atoms with E-state index in [-0.39, 0.29) is 12.0 Å². The molecule has 0 bridgehead atoms. The summed E-state index contributed by atoms with van der Waals surface area (Å²) in [6, 6.07) is -0.199. The molecule has 0 aliphatic carbocycles. The standard InChI is InChI=1S/C11H21N3O2/c1-6-11(4,15-5)10-13-9(14-16-10)8(12)7(2)3/h7-8H,6,12H2,1-5H3. The van der Waals surface area contributed by atoms with E-state index in [1.807, 2.05) is 27.7 Å². The summed E-state index contributed by atoms with van der Waals surface area (Å²) in [6.07, 6.45) is 0.766. The number of rotatable bonds is 5. The number of nitrogens with zero attached hydrogens (tertiary/aromatic N) is 2. The van der Waals surface area contributed by atoms with E-state index in [1.54, 1.807) is 7.11 Å². The third kappa shape index (κ3) is 2.41. The molecule has 2 N–H and O–H groups in total. The number of hydrogen-bond donors (Lipinski definition) is 1. The average molecular weight is 227 g/mol. The Morgan fingerprint density at radius 3 is 2.56 bits per heavy atom. The van der Waals surface area contributed by atoms with Crippen molar-refractivity contribution in [1.29, 1.82) is 0 Å². The number of nitrogens with two attached hydrogens (primary N) is 1. The Labute approximate surface area is 96.4 Å². The van der Waals surface area contributed by atoms with Gasteiger partial charge in [0.1, 0.15) is 5.60 Å². The van der Waals surface area contributed by atoms with E-state index in [9.17, 15) is 0 Å². The van der Waals surface area contributed by atoms with Gasteiger partial charge in [-0.2, -0.15) is 4.98 Å². The van der Waals surface area contributed by atoms with Crippen molar-refractivity contribution in [3.8, 4) is 0 Å². The highest BCUT2D eigenvalue weighted by Gasteiger charge is 2.32. The second kappa shape index (κ2) is 4.93. The lowest BCUT2D eigenvalue weighted by atomic mass is 10.0. The summed E-state index contributed by atoms with van der Waals surface area (Å²) < 4.78 is 10.6. The van der Waals surface area contributed by atoms with Crippen LogP contribution in [-0.2, 0) is 10.3 Å². The third-order valence-electron chi connectivity index (χ3n) is 3.04. The maximum Gasteiger partial charge on any atom is 0.258 e. The van der Waals surface area contributed by atoms with Gasteiger partial charge in [-0.15, -0.1) is 0 Å². The van der Waals surface area contributed by atoms with Crippen molar-refractivity contribution in [3.63, 3.8) is 0 Å². The average Bonchev–Trinajstić information content (AvgIpc) is 2.76. The fourth-order valence-electron chi connectivity index (χ4n) is 1.27. The molecule has 1 rings (SSSR count). The predicted molar refractivity (Wildman–Crippen MR) is 60.7 cm³/mol. The maximum absolute atomic E-state index is 5.95. The van der Waals surface area contributed by atoms with Crippen LogP contribution in [-0.4, -0.2) is 17.3 Å². The molecule has 0 saturated heterocycles. The zero-order valence-electron chi connectivity index (χ0n) is 10.7. The van der Waals surface area contributed by atoms with Gasteiger partial charge in [0.15, 0.2) is 5.82 Å². The first-order valence-corrected chi connectivity index (χ1v) is 5.59. The number of ether oxygens (including phenoxy) is 1. The largest absolute Gasteiger partial charge is 0.369 e. The second-order valence-corrected chi connectivity index (χ2v) is 4.52. The molecule has 0 aliphatic heterocycles. The molecular formula is C11H21N3O2. The molecule has 16 heavy (non-hydrogen) atoms. The zero-order valence-corrected chi connectivity index (χ0v) is 10.7. The van der Waals surface area contributed by atoms with Crippen LogP contribution in [0.5, 0.6) is 0 Å². The van der Waals surface area contributed by atoms with E-state index >= 15 is 0 Å². The van der Waals surface area contributed by atoms with Crippen LogP contribution in [0.15, 0.2) is 4.52 Å². The van der Waals surface area contributed by atoms with Crippen LogP contribution in [0.3, 0.4) is 0 Å². The minimum atomic E-state index is -0.526. The Hall–Kier alpha value is -0.940. The van der Waals surface area contributed by atoms with Crippen LogP contribution in [0.25, 0.3) is 0 Å². The number of methoxy groups -OCH3 is 1. The second-order valence-electron chi connectivity index (χ2n) is 4.52. The predicted octanol–water partition coefficient (Wildman–Crippen LogP) is 2.00. The first-order chi connectivity index (χ1) is 7.44. The van der Waals surface area contributed by atoms with Gasteiger partial charge in [-0.25, -0.2) is 0 Å². The van der Waals surface area contributed by atoms with Crippen molar-refractivity contribution in [1.82, 2.24) is 10.1 Å². The quantitative estimate of drug-likeness (QED) is 0.832. The van der Waals surface area contributed by atoms with Gasteiger partial charge in [-0.05, 0) is 19.3 Å². The van der Waals surface area contributed by atoms with E-state index in [2.05, 4.69) is 10.1 Å². The summed E-state index contributed by atoms with van der Waals surface area (Å²) in [6.45, 7) is 7.98. The maximum atomic E-state index is 5.95. The van der Waals surface area contributed by atoms with Gasteiger partial charge in [0, 0.05) is 7.11 Å². The normalized spacial score (nSPS) is 17.4. The highest BCUT2D eigenvalue weighted by Crippen LogP contribution is 2.27. The van der Waals surface area contributed by atoms with Gasteiger partial charge >= 0.3 is 0 Å². The molecule has 0 fully saturated rings. The lowest BCUT2D eigenvalue weighted by Gasteiger charge is -2.21. The van der Waals surface area contributed by atoms with E-state index in [0.717, 1.165) is 6.42 Å². The van der Waals surface area contributed by atoms with Crippen LogP contribution >= 0.6 is 0 Å². The Morgan fingerprint density at radius 2 is 2.12 bits per heavy atom. The Kier molecular flexibility index (Phi) is 4.04. The Morgan fingerprint density at radius 1 is 1.50 bits per heavy atom. The third-order valence-corrected chi connectivity index (χ3v) is 3.04. The molecule has 0 saturated carbocycles. The van der Waals surface area contributed by atoms with Crippen molar-refractivity contribution in [3.05, 3.63) is 11.7 Å². The highest BCUT2D eigenvalue weighted by atomic mass is 16.5. The molecule has 5 heteroatoms. The van der Waals surface area contributed by atoms with Gasteiger partial charge in [0.05, 0.1) is 6.04 Å². The molecule has 5 nitrogen and oxygen atoms in total. The van der Waals surface area contributed by atoms with Crippen molar-refractivity contribution < 1.29 is 9.26 Å². The van der Waals surface area contributed by atoms with Crippen molar-refractivity contribution >= 4 is 0 Å². The molecule has 0 spiro atoms. The zero-order chi connectivity index (χ0) is 12.3. The SMILES string of the molecule is CCC(C)(OC)c1nc(C(N)C(C)C)no1. The molecular weight excluding hydrogens is 206 g/mol. The van der Waals surface area contributed by atoms with Crippen molar-refractivity contribution in [2.45, 2.75) is 45.8 Å². The number of hydrogen-bond acceptors (Lipinski definition) is 5. The summed E-state index contributed by atoms with van der Waals surface area (Å²) >= 11 is 0. The minimum Gasteiger partial charge on any atom is -0.369 e. The van der Waals surface area contributed by atoms with Crippen molar-refractivity contribution in [2.24, 2.45) is 11.7 Å². The van der Waals surface area contributed by atoms with Gasteiger partial charge in [0.25, 0.3) is 5.89 Å². The van der Waals surface area contributed by atoms with Crippen LogP contribution in [0, 0.1) is 5.92 Å². The summed E-state index contributed by atoms with van der Waals surface area (Å²) in [7, 11) is 1.63. The molecule has 1 heterocycles. The van der Waals surface area contributed by atoms with E-state index in [0.29, 0.717) is 11.7 Å². The van der Waals surface area contributed by atoms with Crippen LogP contribution in [0.4, 0.5) is 0 Å². The van der Waals surface area contributed by atoms with E-state index < -0.39 is 5.60 Å². The van der Waals surface area contributed by atoms with Gasteiger partial charge < -0.3 is 15.0 Å². The Bertz CT molecular complexity index is 332. The minimum absolute atomic E-state index is 0.199. The van der Waals surface area contributed by atoms with Gasteiger partial charge in [-0.3, -0.25) is 0 Å². The van der Waals surface area contributed by atoms with E-state index in [1.165, 1.54) is 0 Å². The Balaban J connectivity index is 2.94. The first kappa shape index (κ1) is 13.1. The van der Waals surface area contributed by atoms with E-state index in [4.69, 9.17) is 15.0 Å². The summed E-state index contributed by atoms with van der Waals surface area (Å²) in [5.74, 6) is 1.31. The van der Waals surface area contributed by atoms with Crippen molar-refractivity contribution in [2.75, 3.05) is 7.11 Å². The lowest BCUT2D eigenvalue weighted by molar-refractivity contribution is -0.0272. The molecule has 0 aliphatic rings. The van der Waals surface area contributed by atoms with Gasteiger partial charge in [0.2, 0.25) is 0 Å². The molecule has 0 amide bonds. The van der Waals surface area contributed by atoms with Gasteiger partial charge in [-0.1, -0.05) is 25.9 Å². The topological polar surface area (TPSA) is 74.2 Å².